The third kappa shape index (κ3) is 2.61. The summed E-state index contributed by atoms with van der Waals surface area (Å²) in [6.07, 6.45) is 1.96. The molecule has 3 nitrogen and oxygen atoms in total. The molecule has 1 amide bonds. The van der Waals surface area contributed by atoms with Gasteiger partial charge in [0.1, 0.15) is 0 Å². The van der Waals surface area contributed by atoms with E-state index in [2.05, 4.69) is 36.1 Å². The highest BCUT2D eigenvalue weighted by Crippen LogP contribution is 2.11. The number of hydrogen-bond donors (Lipinski definition) is 0. The fourth-order valence-electron chi connectivity index (χ4n) is 2.03. The van der Waals surface area contributed by atoms with E-state index in [9.17, 15) is 4.79 Å². The van der Waals surface area contributed by atoms with E-state index in [1.165, 1.54) is 11.1 Å². The molecular formula is C13H17N2O. The summed E-state index contributed by atoms with van der Waals surface area (Å²) < 4.78 is 0. The van der Waals surface area contributed by atoms with Crippen LogP contribution in [0.4, 0.5) is 0 Å². The lowest BCUT2D eigenvalue weighted by atomic mass is 10.1. The third-order valence-corrected chi connectivity index (χ3v) is 3.16. The van der Waals surface area contributed by atoms with Crippen LogP contribution in [0.2, 0.25) is 0 Å². The van der Waals surface area contributed by atoms with E-state index in [0.29, 0.717) is 0 Å². The first-order chi connectivity index (χ1) is 7.79. The molecule has 0 aromatic heterocycles. The first kappa shape index (κ1) is 11.1. The van der Waals surface area contributed by atoms with Crippen LogP contribution in [0.3, 0.4) is 0 Å². The van der Waals surface area contributed by atoms with Crippen LogP contribution < -0.4 is 0 Å². The maximum Gasteiger partial charge on any atom is 0.312 e. The van der Waals surface area contributed by atoms with Crippen molar-refractivity contribution in [3.63, 3.8) is 0 Å². The Morgan fingerprint density at radius 1 is 1.19 bits per heavy atom. The standard InChI is InChI=1S/C13H17N2O/c1-12-4-2-3-5-13(12)10-14-6-8-15(11-16)9-7-14/h2-5H,6-10H2,1H3. The molecule has 0 aliphatic carbocycles. The van der Waals surface area contributed by atoms with E-state index >= 15 is 0 Å². The van der Waals surface area contributed by atoms with Crippen molar-refractivity contribution in [2.45, 2.75) is 13.5 Å². The normalized spacial score (nSPS) is 17.4. The van der Waals surface area contributed by atoms with Gasteiger partial charge in [0.15, 0.2) is 0 Å². The molecule has 85 valence electrons. The number of piperazine rings is 1. The zero-order valence-corrected chi connectivity index (χ0v) is 9.65. The van der Waals surface area contributed by atoms with Gasteiger partial charge in [-0.3, -0.25) is 9.69 Å². The van der Waals surface area contributed by atoms with Crippen LogP contribution in [0.5, 0.6) is 0 Å². The van der Waals surface area contributed by atoms with Gasteiger partial charge in [-0.1, -0.05) is 24.3 Å². The van der Waals surface area contributed by atoms with Crippen molar-refractivity contribution in [1.29, 1.82) is 0 Å². The summed E-state index contributed by atoms with van der Waals surface area (Å²) in [5, 5.41) is 0. The van der Waals surface area contributed by atoms with Crippen LogP contribution in [0.1, 0.15) is 11.1 Å². The van der Waals surface area contributed by atoms with E-state index < -0.39 is 0 Å². The van der Waals surface area contributed by atoms with Crippen molar-refractivity contribution in [3.8, 4) is 0 Å². The quantitative estimate of drug-likeness (QED) is 0.759. The lowest BCUT2D eigenvalue weighted by Gasteiger charge is -2.32. The molecule has 16 heavy (non-hydrogen) atoms. The van der Waals surface area contributed by atoms with Gasteiger partial charge < -0.3 is 4.90 Å². The van der Waals surface area contributed by atoms with Gasteiger partial charge in [-0.05, 0) is 18.1 Å². The third-order valence-electron chi connectivity index (χ3n) is 3.16. The fraction of sp³-hybridized carbons (Fsp3) is 0.462. The minimum absolute atomic E-state index is 0.801. The van der Waals surface area contributed by atoms with Gasteiger partial charge >= 0.3 is 6.41 Å². The highest BCUT2D eigenvalue weighted by Gasteiger charge is 2.16. The van der Waals surface area contributed by atoms with E-state index in [1.807, 2.05) is 6.41 Å². The number of carbonyl (C=O) groups excluding carboxylic acids is 1. The molecule has 1 radical (unpaired) electrons. The Balaban J connectivity index is 1.92. The summed E-state index contributed by atoms with van der Waals surface area (Å²) in [4.78, 5) is 14.6. The predicted octanol–water partition coefficient (Wildman–Crippen LogP) is 1.18. The molecule has 1 aromatic rings. The molecular weight excluding hydrogens is 200 g/mol. The van der Waals surface area contributed by atoms with Crippen molar-refractivity contribution in [1.82, 2.24) is 9.80 Å². The Kier molecular flexibility index (Phi) is 3.57. The highest BCUT2D eigenvalue weighted by atomic mass is 16.1. The van der Waals surface area contributed by atoms with Crippen molar-refractivity contribution >= 4 is 6.41 Å². The summed E-state index contributed by atoms with van der Waals surface area (Å²) in [5.41, 5.74) is 2.72. The molecule has 0 atom stereocenters. The zero-order chi connectivity index (χ0) is 11.4. The number of aryl methyl sites for hydroxylation is 1. The topological polar surface area (TPSA) is 23.6 Å². The molecule has 1 fully saturated rings. The number of nitrogens with zero attached hydrogens (tertiary/aromatic N) is 2. The van der Waals surface area contributed by atoms with E-state index in [1.54, 1.807) is 4.90 Å². The van der Waals surface area contributed by atoms with Gasteiger partial charge in [0.2, 0.25) is 0 Å². The van der Waals surface area contributed by atoms with Gasteiger partial charge in [-0.15, -0.1) is 0 Å². The molecule has 0 saturated carbocycles. The van der Waals surface area contributed by atoms with Gasteiger partial charge in [0, 0.05) is 32.7 Å². The van der Waals surface area contributed by atoms with Gasteiger partial charge in [0.25, 0.3) is 0 Å². The molecule has 0 N–H and O–H groups in total. The molecule has 1 heterocycles. The second-order valence-corrected chi connectivity index (χ2v) is 4.28. The van der Waals surface area contributed by atoms with Crippen LogP contribution in [0.25, 0.3) is 0 Å². The van der Waals surface area contributed by atoms with Crippen molar-refractivity contribution in [2.24, 2.45) is 0 Å². The molecule has 1 saturated heterocycles. The van der Waals surface area contributed by atoms with E-state index in [-0.39, 0.29) is 0 Å². The summed E-state index contributed by atoms with van der Waals surface area (Å²) in [7, 11) is 0. The summed E-state index contributed by atoms with van der Waals surface area (Å²) in [6.45, 7) is 6.63. The van der Waals surface area contributed by atoms with Crippen LogP contribution in [-0.4, -0.2) is 42.4 Å². The minimum Gasteiger partial charge on any atom is -0.332 e. The Labute approximate surface area is 96.7 Å². The second kappa shape index (κ2) is 5.12. The molecule has 3 heteroatoms. The van der Waals surface area contributed by atoms with Crippen molar-refractivity contribution < 1.29 is 4.79 Å². The van der Waals surface area contributed by atoms with Crippen LogP contribution in [-0.2, 0) is 11.3 Å². The molecule has 0 bridgehead atoms. The maximum atomic E-state index is 10.5. The lowest BCUT2D eigenvalue weighted by Crippen LogP contribution is -2.45. The summed E-state index contributed by atoms with van der Waals surface area (Å²) in [6, 6.07) is 8.47. The van der Waals surface area contributed by atoms with E-state index in [0.717, 1.165) is 32.7 Å². The van der Waals surface area contributed by atoms with Crippen molar-refractivity contribution in [3.05, 3.63) is 35.4 Å². The van der Waals surface area contributed by atoms with Crippen molar-refractivity contribution in [2.75, 3.05) is 26.2 Å². The van der Waals surface area contributed by atoms with Crippen LogP contribution in [0.15, 0.2) is 24.3 Å². The number of amides is 1. The average molecular weight is 217 g/mol. The molecule has 2 rings (SSSR count). The highest BCUT2D eigenvalue weighted by molar-refractivity contribution is 5.48. The van der Waals surface area contributed by atoms with Gasteiger partial charge in [0.05, 0.1) is 0 Å². The Morgan fingerprint density at radius 2 is 1.88 bits per heavy atom. The zero-order valence-electron chi connectivity index (χ0n) is 9.65. The van der Waals surface area contributed by atoms with Gasteiger partial charge in [-0.25, -0.2) is 0 Å². The number of hydrogen-bond acceptors (Lipinski definition) is 2. The van der Waals surface area contributed by atoms with Crippen LogP contribution in [0, 0.1) is 6.92 Å². The molecule has 0 unspecified atom stereocenters. The minimum atomic E-state index is 0.801. The first-order valence-electron chi connectivity index (χ1n) is 5.69. The summed E-state index contributed by atoms with van der Waals surface area (Å²) >= 11 is 0. The Hall–Kier alpha value is -1.35. The largest absolute Gasteiger partial charge is 0.332 e. The molecule has 0 spiro atoms. The Bertz CT molecular complexity index is 357. The monoisotopic (exact) mass is 217 g/mol. The van der Waals surface area contributed by atoms with E-state index in [4.69, 9.17) is 0 Å². The maximum absolute atomic E-state index is 10.5. The van der Waals surface area contributed by atoms with Gasteiger partial charge in [-0.2, -0.15) is 0 Å². The number of benzene rings is 1. The number of rotatable bonds is 3. The lowest BCUT2D eigenvalue weighted by molar-refractivity contribution is 0.172. The SMILES string of the molecule is Cc1ccccc1CN1CCN([C]=O)CC1. The molecule has 1 aromatic carbocycles. The summed E-state index contributed by atoms with van der Waals surface area (Å²) in [5.74, 6) is 0. The molecule has 1 aliphatic heterocycles. The fourth-order valence-corrected chi connectivity index (χ4v) is 2.03. The first-order valence-corrected chi connectivity index (χ1v) is 5.69. The second-order valence-electron chi connectivity index (χ2n) is 4.28. The predicted molar refractivity (Wildman–Crippen MR) is 63.7 cm³/mol. The smallest absolute Gasteiger partial charge is 0.312 e. The van der Waals surface area contributed by atoms with Crippen LogP contribution >= 0.6 is 0 Å². The molecule has 1 aliphatic rings. The average Bonchev–Trinajstić information content (AvgIpc) is 2.33. The Morgan fingerprint density at radius 3 is 2.50 bits per heavy atom.